The van der Waals surface area contributed by atoms with E-state index in [0.29, 0.717) is 32.1 Å². The van der Waals surface area contributed by atoms with Gasteiger partial charge in [-0.1, -0.05) is 10.2 Å². The molecule has 274 valence electrons. The third-order valence-electron chi connectivity index (χ3n) is 7.31. The first-order valence-corrected chi connectivity index (χ1v) is 15.8. The monoisotopic (exact) mass is 693 g/mol. The number of nitrogens with zero attached hydrogens (tertiary/aromatic N) is 7. The topological polar surface area (TPSA) is 283 Å². The summed E-state index contributed by atoms with van der Waals surface area (Å²) in [5.41, 5.74) is 16.5. The summed E-state index contributed by atoms with van der Waals surface area (Å²) in [6.07, 6.45) is -10.2. The maximum absolute atomic E-state index is 11.2. The van der Waals surface area contributed by atoms with Crippen molar-refractivity contribution in [3.63, 3.8) is 0 Å². The Hall–Kier alpha value is -2.43. The van der Waals surface area contributed by atoms with E-state index in [2.05, 4.69) is 25.0 Å². The lowest BCUT2D eigenvalue weighted by Gasteiger charge is -2.46. The summed E-state index contributed by atoms with van der Waals surface area (Å²) >= 11 is 0. The van der Waals surface area contributed by atoms with Crippen molar-refractivity contribution in [1.82, 2.24) is 0 Å². The van der Waals surface area contributed by atoms with E-state index in [1.807, 2.05) is 0 Å². The van der Waals surface area contributed by atoms with E-state index in [0.717, 1.165) is 0 Å². The molecule has 0 saturated carbocycles. The normalized spacial score (nSPS) is 31.3. The van der Waals surface area contributed by atoms with E-state index >= 15 is 0 Å². The Kier molecular flexibility index (Phi) is 19.2. The Morgan fingerprint density at radius 3 is 2.00 bits per heavy atom. The zero-order valence-corrected chi connectivity index (χ0v) is 26.9. The minimum Gasteiger partial charge on any atom is -0.450 e. The fourth-order valence-electron chi connectivity index (χ4n) is 5.02. The van der Waals surface area contributed by atoms with E-state index in [4.69, 9.17) is 58.4 Å². The van der Waals surface area contributed by atoms with Gasteiger partial charge in [-0.05, 0) is 17.5 Å². The van der Waals surface area contributed by atoms with Crippen LogP contribution in [0.3, 0.4) is 0 Å². The number of aliphatic hydroxyl groups is 4. The average molecular weight is 694 g/mol. The lowest BCUT2D eigenvalue weighted by atomic mass is 9.96. The van der Waals surface area contributed by atoms with Crippen molar-refractivity contribution < 1.29 is 67.8 Å². The molecule has 0 aromatic rings. The molecule has 0 aromatic heterocycles. The minimum absolute atomic E-state index is 0.00951. The molecule has 2 fully saturated rings. The van der Waals surface area contributed by atoms with Crippen LogP contribution in [0.25, 0.3) is 20.9 Å². The second kappa shape index (κ2) is 23.1. The van der Waals surface area contributed by atoms with Crippen LogP contribution in [0, 0.1) is 0 Å². The number of rotatable bonds is 25. The van der Waals surface area contributed by atoms with Crippen LogP contribution in [0.1, 0.15) is 13.3 Å². The highest BCUT2D eigenvalue weighted by Gasteiger charge is 2.53. The summed E-state index contributed by atoms with van der Waals surface area (Å²) < 4.78 is 56.2. The molecule has 3 aliphatic heterocycles. The van der Waals surface area contributed by atoms with E-state index in [9.17, 15) is 20.4 Å². The quantitative estimate of drug-likeness (QED) is 0.0394. The predicted octanol–water partition coefficient (Wildman–Crippen LogP) is -0.807. The zero-order valence-electron chi connectivity index (χ0n) is 26.9. The van der Waals surface area contributed by atoms with Crippen molar-refractivity contribution in [2.75, 3.05) is 92.4 Å². The average Bonchev–Trinajstić information content (AvgIpc) is 3.46. The number of hydrogen-bond donors (Lipinski definition) is 4. The third kappa shape index (κ3) is 13.1. The number of aliphatic hydroxyl groups excluding tert-OH is 4. The van der Waals surface area contributed by atoms with Gasteiger partial charge in [-0.3, -0.25) is 0 Å². The van der Waals surface area contributed by atoms with Gasteiger partial charge in [0, 0.05) is 43.1 Å². The summed E-state index contributed by atoms with van der Waals surface area (Å²) in [5, 5.41) is 50.0. The molecule has 0 radical (unpaired) electrons. The van der Waals surface area contributed by atoms with Crippen LogP contribution < -0.4 is 0 Å². The van der Waals surface area contributed by atoms with Gasteiger partial charge in [0.2, 0.25) is 6.29 Å². The van der Waals surface area contributed by atoms with Crippen LogP contribution in [-0.4, -0.2) is 180 Å². The van der Waals surface area contributed by atoms with Crippen LogP contribution in [0.5, 0.6) is 0 Å². The van der Waals surface area contributed by atoms with Gasteiger partial charge in [0.15, 0.2) is 12.2 Å². The Bertz CT molecular complexity index is 1040. The molecule has 21 heteroatoms. The molecular formula is C27H47N7O14. The number of fused-ring (bicyclic) bond motifs is 1. The summed E-state index contributed by atoms with van der Waals surface area (Å²) in [6, 6.07) is -0.820. The molecule has 3 aliphatic rings. The second-order valence-corrected chi connectivity index (χ2v) is 10.7. The SMILES string of the molecule is CC1=NC2[C@@H](O1)OC(CO)[C@@H](O[C@@H]1OC(COCCOCCCOCCN=[N+]=[N-])[C@@H](O)[C@H](OCCOCCOCCN=[N+]=[N-])C1O)[C@@H]2O. The molecule has 4 unspecified atom stereocenters. The molecule has 0 aromatic carbocycles. The van der Waals surface area contributed by atoms with Gasteiger partial charge < -0.3 is 67.8 Å². The first-order chi connectivity index (χ1) is 23.4. The van der Waals surface area contributed by atoms with Gasteiger partial charge >= 0.3 is 0 Å². The van der Waals surface area contributed by atoms with Gasteiger partial charge in [0.1, 0.15) is 48.8 Å². The van der Waals surface area contributed by atoms with E-state index in [1.54, 1.807) is 6.92 Å². The largest absolute Gasteiger partial charge is 0.450 e. The number of ether oxygens (including phenoxy) is 10. The molecule has 0 amide bonds. The van der Waals surface area contributed by atoms with E-state index in [1.165, 1.54) is 0 Å². The van der Waals surface area contributed by atoms with Crippen LogP contribution in [0.4, 0.5) is 0 Å². The van der Waals surface area contributed by atoms with Gasteiger partial charge in [-0.15, -0.1) is 0 Å². The van der Waals surface area contributed by atoms with Crippen LogP contribution in [0.15, 0.2) is 15.2 Å². The molecule has 3 rings (SSSR count). The lowest BCUT2D eigenvalue weighted by Crippen LogP contribution is -2.64. The Labute approximate surface area is 277 Å². The Morgan fingerprint density at radius 1 is 0.729 bits per heavy atom. The minimum atomic E-state index is -1.52. The van der Waals surface area contributed by atoms with E-state index < -0.39 is 68.0 Å². The highest BCUT2D eigenvalue weighted by atomic mass is 16.7. The van der Waals surface area contributed by atoms with E-state index in [-0.39, 0.29) is 65.9 Å². The molecule has 3 heterocycles. The Morgan fingerprint density at radius 2 is 1.33 bits per heavy atom. The molecule has 0 aliphatic carbocycles. The molecule has 0 spiro atoms. The number of azide groups is 2. The Balaban J connectivity index is 1.50. The summed E-state index contributed by atoms with van der Waals surface area (Å²) in [4.78, 5) is 9.53. The highest BCUT2D eigenvalue weighted by molar-refractivity contribution is 5.75. The fraction of sp³-hybridized carbons (Fsp3) is 0.963. The summed E-state index contributed by atoms with van der Waals surface area (Å²) in [6.45, 7) is 3.95. The second-order valence-electron chi connectivity index (χ2n) is 10.7. The van der Waals surface area contributed by atoms with Gasteiger partial charge in [0.05, 0.1) is 66.1 Å². The molecule has 2 saturated heterocycles. The van der Waals surface area contributed by atoms with Crippen molar-refractivity contribution in [2.24, 2.45) is 15.2 Å². The van der Waals surface area contributed by atoms with Crippen molar-refractivity contribution in [3.8, 4) is 0 Å². The maximum atomic E-state index is 11.2. The molecule has 21 nitrogen and oxygen atoms in total. The van der Waals surface area contributed by atoms with Crippen LogP contribution >= 0.6 is 0 Å². The third-order valence-corrected chi connectivity index (χ3v) is 7.31. The number of hydrogen-bond acceptors (Lipinski definition) is 17. The summed E-state index contributed by atoms with van der Waals surface area (Å²) in [7, 11) is 0. The molecule has 4 N–H and O–H groups in total. The predicted molar refractivity (Wildman–Crippen MR) is 162 cm³/mol. The first-order valence-electron chi connectivity index (χ1n) is 15.8. The molecule has 0 bridgehead atoms. The van der Waals surface area contributed by atoms with Crippen molar-refractivity contribution in [3.05, 3.63) is 20.9 Å². The molecule has 10 atom stereocenters. The van der Waals surface area contributed by atoms with Crippen molar-refractivity contribution in [2.45, 2.75) is 74.7 Å². The standard InChI is InChI=1S/C27H47N7O14/c1-17-32-20-22(37)24(18(15-35)46-26(20)45-17)48-27-23(38)25(44-14-13-42-10-9-41-8-4-31-34-29)21(36)19(47-27)16-43-12-11-40-6-2-5-39-7-3-30-33-28/h18-27,35-38H,2-16H2,1H3/t18?,19?,20?,21-,22-,23?,24-,25+,26+,27+/m1/s1. The van der Waals surface area contributed by atoms with Gasteiger partial charge in [-0.2, -0.15) is 0 Å². The summed E-state index contributed by atoms with van der Waals surface area (Å²) in [5.74, 6) is 0.311. The lowest BCUT2D eigenvalue weighted by molar-refractivity contribution is -0.346. The molecule has 48 heavy (non-hydrogen) atoms. The van der Waals surface area contributed by atoms with Crippen LogP contribution in [-0.2, 0) is 47.4 Å². The van der Waals surface area contributed by atoms with Gasteiger partial charge in [0.25, 0.3) is 0 Å². The highest BCUT2D eigenvalue weighted by Crippen LogP contribution is 2.33. The van der Waals surface area contributed by atoms with Crippen molar-refractivity contribution >= 4 is 5.90 Å². The van der Waals surface area contributed by atoms with Crippen LogP contribution in [0.2, 0.25) is 0 Å². The smallest absolute Gasteiger partial charge is 0.227 e. The maximum Gasteiger partial charge on any atom is 0.227 e. The van der Waals surface area contributed by atoms with Gasteiger partial charge in [-0.25, -0.2) is 4.99 Å². The van der Waals surface area contributed by atoms with Crippen molar-refractivity contribution in [1.29, 1.82) is 0 Å². The molecular weight excluding hydrogens is 646 g/mol. The zero-order chi connectivity index (χ0) is 34.6. The fourth-order valence-corrected chi connectivity index (χ4v) is 5.02. The number of aliphatic imine (C=N–C) groups is 1. The first kappa shape index (κ1) is 40.0.